The zero-order valence-electron chi connectivity index (χ0n) is 9.33. The minimum Gasteiger partial charge on any atom is -0.329 e. The molecule has 0 aromatic rings. The van der Waals surface area contributed by atoms with Gasteiger partial charge in [-0.3, -0.25) is 4.90 Å². The molecule has 0 aromatic heterocycles. The molecule has 1 aliphatic carbocycles. The van der Waals surface area contributed by atoms with Crippen LogP contribution < -0.4 is 5.73 Å². The standard InChI is InChI=1S/C11H22N2S/c1-9-5-11(6-9,8-12)13(2)10-3-4-14-7-10/h9-10H,3-8,12H2,1-2H3. The molecule has 1 unspecified atom stereocenters. The highest BCUT2D eigenvalue weighted by atomic mass is 32.2. The summed E-state index contributed by atoms with van der Waals surface area (Å²) < 4.78 is 0. The Morgan fingerprint density at radius 2 is 2.21 bits per heavy atom. The number of nitrogens with two attached hydrogens (primary N) is 1. The molecule has 82 valence electrons. The molecule has 1 heterocycles. The topological polar surface area (TPSA) is 29.3 Å². The van der Waals surface area contributed by atoms with Gasteiger partial charge in [0.2, 0.25) is 0 Å². The average molecular weight is 214 g/mol. The lowest BCUT2D eigenvalue weighted by Crippen LogP contribution is -2.62. The maximum absolute atomic E-state index is 5.95. The van der Waals surface area contributed by atoms with Crippen molar-refractivity contribution in [1.29, 1.82) is 0 Å². The van der Waals surface area contributed by atoms with Crippen LogP contribution in [0.4, 0.5) is 0 Å². The summed E-state index contributed by atoms with van der Waals surface area (Å²) in [5.41, 5.74) is 6.31. The summed E-state index contributed by atoms with van der Waals surface area (Å²) in [6, 6.07) is 0.788. The fourth-order valence-corrected chi connectivity index (χ4v) is 4.32. The lowest BCUT2D eigenvalue weighted by molar-refractivity contribution is -0.0159. The summed E-state index contributed by atoms with van der Waals surface area (Å²) in [5.74, 6) is 3.53. The summed E-state index contributed by atoms with van der Waals surface area (Å²) in [6.45, 7) is 3.18. The van der Waals surface area contributed by atoms with Gasteiger partial charge in [0.25, 0.3) is 0 Å². The highest BCUT2D eigenvalue weighted by molar-refractivity contribution is 7.99. The van der Waals surface area contributed by atoms with Gasteiger partial charge >= 0.3 is 0 Å². The first-order valence-electron chi connectivity index (χ1n) is 5.69. The van der Waals surface area contributed by atoms with Crippen molar-refractivity contribution >= 4 is 11.8 Å². The van der Waals surface area contributed by atoms with Crippen LogP contribution >= 0.6 is 11.8 Å². The fraction of sp³-hybridized carbons (Fsp3) is 1.00. The van der Waals surface area contributed by atoms with E-state index in [1.165, 1.54) is 30.8 Å². The predicted octanol–water partition coefficient (Wildman–Crippen LogP) is 1.55. The molecule has 0 amide bonds. The lowest BCUT2D eigenvalue weighted by Gasteiger charge is -2.54. The first-order chi connectivity index (χ1) is 6.68. The molecule has 2 nitrogen and oxygen atoms in total. The fourth-order valence-electron chi connectivity index (χ4n) is 3.05. The molecule has 0 bridgehead atoms. The van der Waals surface area contributed by atoms with E-state index in [0.717, 1.165) is 18.5 Å². The van der Waals surface area contributed by atoms with Crippen LogP contribution in [0, 0.1) is 5.92 Å². The van der Waals surface area contributed by atoms with Crippen molar-refractivity contribution < 1.29 is 0 Å². The van der Waals surface area contributed by atoms with Crippen molar-refractivity contribution in [2.75, 3.05) is 25.1 Å². The molecule has 1 saturated heterocycles. The Hall–Kier alpha value is 0.270. The van der Waals surface area contributed by atoms with Crippen molar-refractivity contribution in [3.05, 3.63) is 0 Å². The molecular formula is C11H22N2S. The Morgan fingerprint density at radius 1 is 1.50 bits per heavy atom. The zero-order valence-corrected chi connectivity index (χ0v) is 10.1. The quantitative estimate of drug-likeness (QED) is 0.773. The van der Waals surface area contributed by atoms with Crippen LogP contribution in [0.5, 0.6) is 0 Å². The van der Waals surface area contributed by atoms with Crippen molar-refractivity contribution in [2.45, 2.75) is 37.8 Å². The summed E-state index contributed by atoms with van der Waals surface area (Å²) in [4.78, 5) is 2.59. The molecular weight excluding hydrogens is 192 g/mol. The third-order valence-corrected chi connectivity index (χ3v) is 5.18. The van der Waals surface area contributed by atoms with E-state index >= 15 is 0 Å². The number of hydrogen-bond acceptors (Lipinski definition) is 3. The minimum absolute atomic E-state index is 0.356. The third-order valence-electron chi connectivity index (χ3n) is 4.04. The lowest BCUT2D eigenvalue weighted by atomic mass is 9.67. The Morgan fingerprint density at radius 3 is 2.64 bits per heavy atom. The Balaban J connectivity index is 1.97. The zero-order chi connectivity index (χ0) is 10.2. The van der Waals surface area contributed by atoms with Gasteiger partial charge in [0.05, 0.1) is 0 Å². The predicted molar refractivity (Wildman–Crippen MR) is 63.7 cm³/mol. The first-order valence-corrected chi connectivity index (χ1v) is 6.84. The Kier molecular flexibility index (Phi) is 3.10. The summed E-state index contributed by atoms with van der Waals surface area (Å²) in [6.07, 6.45) is 3.97. The SMILES string of the molecule is CC1CC(CN)(N(C)C2CCSC2)C1. The van der Waals surface area contributed by atoms with E-state index in [2.05, 4.69) is 30.6 Å². The Labute approximate surface area is 91.6 Å². The van der Waals surface area contributed by atoms with E-state index in [1.807, 2.05) is 0 Å². The molecule has 2 rings (SSSR count). The molecule has 3 heteroatoms. The van der Waals surface area contributed by atoms with E-state index in [9.17, 15) is 0 Å². The second-order valence-corrected chi connectivity index (χ2v) is 6.22. The van der Waals surface area contributed by atoms with E-state index in [4.69, 9.17) is 5.73 Å². The van der Waals surface area contributed by atoms with Gasteiger partial charge in [0.15, 0.2) is 0 Å². The molecule has 1 aliphatic heterocycles. The maximum atomic E-state index is 5.95. The van der Waals surface area contributed by atoms with Gasteiger partial charge in [-0.1, -0.05) is 6.92 Å². The molecule has 0 aromatic carbocycles. The smallest absolute Gasteiger partial charge is 0.0337 e. The minimum atomic E-state index is 0.356. The number of rotatable bonds is 3. The van der Waals surface area contributed by atoms with E-state index in [0.29, 0.717) is 5.54 Å². The molecule has 1 atom stereocenters. The van der Waals surface area contributed by atoms with E-state index in [1.54, 1.807) is 0 Å². The van der Waals surface area contributed by atoms with Crippen LogP contribution in [0.15, 0.2) is 0 Å². The van der Waals surface area contributed by atoms with Crippen molar-refractivity contribution in [3.63, 3.8) is 0 Å². The third kappa shape index (κ3) is 1.70. The molecule has 14 heavy (non-hydrogen) atoms. The van der Waals surface area contributed by atoms with Gasteiger partial charge in [-0.2, -0.15) is 11.8 Å². The maximum Gasteiger partial charge on any atom is 0.0337 e. The summed E-state index contributed by atoms with van der Waals surface area (Å²) in [5, 5.41) is 0. The molecule has 2 fully saturated rings. The largest absolute Gasteiger partial charge is 0.329 e. The van der Waals surface area contributed by atoms with Crippen molar-refractivity contribution in [3.8, 4) is 0 Å². The van der Waals surface area contributed by atoms with Crippen LogP contribution in [0.25, 0.3) is 0 Å². The van der Waals surface area contributed by atoms with Gasteiger partial charge in [-0.25, -0.2) is 0 Å². The second-order valence-electron chi connectivity index (χ2n) is 5.07. The van der Waals surface area contributed by atoms with Crippen LogP contribution in [-0.2, 0) is 0 Å². The molecule has 0 radical (unpaired) electrons. The number of likely N-dealkylation sites (N-methyl/N-ethyl adjacent to an activating group) is 1. The monoisotopic (exact) mass is 214 g/mol. The number of thioether (sulfide) groups is 1. The summed E-state index contributed by atoms with van der Waals surface area (Å²) in [7, 11) is 2.29. The molecule has 2 aliphatic rings. The van der Waals surface area contributed by atoms with Gasteiger partial charge in [0, 0.05) is 23.9 Å². The number of nitrogens with zero attached hydrogens (tertiary/aromatic N) is 1. The van der Waals surface area contributed by atoms with E-state index in [-0.39, 0.29) is 0 Å². The van der Waals surface area contributed by atoms with Crippen molar-refractivity contribution in [2.24, 2.45) is 11.7 Å². The first kappa shape index (κ1) is 10.8. The van der Waals surface area contributed by atoms with Crippen molar-refractivity contribution in [1.82, 2.24) is 4.90 Å². The highest BCUT2D eigenvalue weighted by Gasteiger charge is 2.46. The normalized spacial score (nSPS) is 42.9. The van der Waals surface area contributed by atoms with Crippen LogP contribution in [0.1, 0.15) is 26.2 Å². The Bertz CT molecular complexity index is 195. The molecule has 0 spiro atoms. The van der Waals surface area contributed by atoms with Gasteiger partial charge in [-0.15, -0.1) is 0 Å². The highest BCUT2D eigenvalue weighted by Crippen LogP contribution is 2.43. The van der Waals surface area contributed by atoms with Crippen LogP contribution in [0.2, 0.25) is 0 Å². The summed E-state index contributed by atoms with van der Waals surface area (Å²) >= 11 is 2.09. The van der Waals surface area contributed by atoms with E-state index < -0.39 is 0 Å². The number of hydrogen-bond donors (Lipinski definition) is 1. The van der Waals surface area contributed by atoms with Gasteiger partial charge < -0.3 is 5.73 Å². The van der Waals surface area contributed by atoms with Gasteiger partial charge in [0.1, 0.15) is 0 Å². The average Bonchev–Trinajstić information content (AvgIpc) is 2.64. The molecule has 1 saturated carbocycles. The molecule has 2 N–H and O–H groups in total. The van der Waals surface area contributed by atoms with Crippen LogP contribution in [-0.4, -0.2) is 41.6 Å². The van der Waals surface area contributed by atoms with Gasteiger partial charge in [-0.05, 0) is 38.0 Å². The second kappa shape index (κ2) is 4.03. The van der Waals surface area contributed by atoms with Crippen LogP contribution in [0.3, 0.4) is 0 Å².